The average molecular weight is 212 g/mol. The molecule has 0 aliphatic heterocycles. The van der Waals surface area contributed by atoms with Crippen LogP contribution in [0.25, 0.3) is 0 Å². The van der Waals surface area contributed by atoms with Crippen LogP contribution in [0.5, 0.6) is 0 Å². The molecule has 1 aromatic heterocycles. The van der Waals surface area contributed by atoms with Gasteiger partial charge in [0.05, 0.1) is 11.8 Å². The molecule has 15 heavy (non-hydrogen) atoms. The Kier molecular flexibility index (Phi) is 3.41. The molecular formula is C9H16N4O2. The van der Waals surface area contributed by atoms with Gasteiger partial charge in [0.25, 0.3) is 0 Å². The van der Waals surface area contributed by atoms with Crippen molar-refractivity contribution in [3.05, 3.63) is 12.4 Å². The summed E-state index contributed by atoms with van der Waals surface area (Å²) in [6, 6.07) is 0. The second-order valence-corrected chi connectivity index (χ2v) is 4.16. The van der Waals surface area contributed by atoms with Crippen molar-refractivity contribution in [1.29, 1.82) is 0 Å². The number of carbonyl (C=O) groups is 1. The van der Waals surface area contributed by atoms with E-state index in [1.165, 1.54) is 15.8 Å². The molecule has 1 amide bonds. The predicted molar refractivity (Wildman–Crippen MR) is 54.0 cm³/mol. The third-order valence-corrected chi connectivity index (χ3v) is 1.82. The Balaban J connectivity index is 2.47. The Morgan fingerprint density at radius 2 is 2.27 bits per heavy atom. The molecule has 1 rings (SSSR count). The van der Waals surface area contributed by atoms with Gasteiger partial charge in [0.2, 0.25) is 5.91 Å². The topological polar surface area (TPSA) is 71.2 Å². The minimum absolute atomic E-state index is 0.109. The summed E-state index contributed by atoms with van der Waals surface area (Å²) in [5, 5.41) is 16.8. The highest BCUT2D eigenvalue weighted by Gasteiger charge is 2.19. The number of hydrogen-bond acceptors (Lipinski definition) is 4. The lowest BCUT2D eigenvalue weighted by atomic mass is 10.1. The van der Waals surface area contributed by atoms with Crippen LogP contribution < -0.4 is 0 Å². The van der Waals surface area contributed by atoms with E-state index in [0.29, 0.717) is 6.54 Å². The first-order valence-electron chi connectivity index (χ1n) is 4.69. The number of amides is 1. The van der Waals surface area contributed by atoms with Gasteiger partial charge in [0.15, 0.2) is 0 Å². The molecule has 1 heterocycles. The summed E-state index contributed by atoms with van der Waals surface area (Å²) in [5.41, 5.74) is -0.882. The third kappa shape index (κ3) is 4.07. The van der Waals surface area contributed by atoms with Crippen molar-refractivity contribution in [2.24, 2.45) is 0 Å². The highest BCUT2D eigenvalue weighted by molar-refractivity contribution is 5.75. The maximum Gasteiger partial charge on any atom is 0.244 e. The van der Waals surface area contributed by atoms with Crippen molar-refractivity contribution in [2.45, 2.75) is 26.0 Å². The van der Waals surface area contributed by atoms with Gasteiger partial charge in [-0.15, -0.1) is 5.10 Å². The first kappa shape index (κ1) is 11.6. The molecule has 0 fully saturated rings. The van der Waals surface area contributed by atoms with Gasteiger partial charge in [0.1, 0.15) is 6.54 Å². The second kappa shape index (κ2) is 4.39. The highest BCUT2D eigenvalue weighted by atomic mass is 16.3. The van der Waals surface area contributed by atoms with E-state index >= 15 is 0 Å². The minimum Gasteiger partial charge on any atom is -0.389 e. The fourth-order valence-corrected chi connectivity index (χ4v) is 1.24. The zero-order valence-electron chi connectivity index (χ0n) is 9.21. The molecule has 6 heteroatoms. The lowest BCUT2D eigenvalue weighted by molar-refractivity contribution is -0.133. The first-order valence-corrected chi connectivity index (χ1v) is 4.69. The molecular weight excluding hydrogens is 196 g/mol. The van der Waals surface area contributed by atoms with Crippen LogP contribution in [0.4, 0.5) is 0 Å². The Bertz CT molecular complexity index is 315. The summed E-state index contributed by atoms with van der Waals surface area (Å²) >= 11 is 0. The lowest BCUT2D eigenvalue weighted by Gasteiger charge is -2.25. The van der Waals surface area contributed by atoms with E-state index in [-0.39, 0.29) is 12.5 Å². The number of hydrogen-bond donors (Lipinski definition) is 1. The van der Waals surface area contributed by atoms with Crippen molar-refractivity contribution >= 4 is 5.91 Å². The van der Waals surface area contributed by atoms with E-state index in [9.17, 15) is 9.90 Å². The Morgan fingerprint density at radius 3 is 2.73 bits per heavy atom. The van der Waals surface area contributed by atoms with Gasteiger partial charge in [-0.25, -0.2) is 4.68 Å². The zero-order valence-corrected chi connectivity index (χ0v) is 9.21. The van der Waals surface area contributed by atoms with Crippen molar-refractivity contribution in [2.75, 3.05) is 13.6 Å². The molecule has 0 aliphatic rings. The molecule has 0 aliphatic carbocycles. The molecule has 0 unspecified atom stereocenters. The van der Waals surface area contributed by atoms with Crippen molar-refractivity contribution in [1.82, 2.24) is 19.9 Å². The average Bonchev–Trinajstić information content (AvgIpc) is 2.53. The number of likely N-dealkylation sites (N-methyl/N-ethyl adjacent to an activating group) is 1. The number of aromatic nitrogens is 3. The largest absolute Gasteiger partial charge is 0.389 e. The molecule has 0 bridgehead atoms. The van der Waals surface area contributed by atoms with Crippen LogP contribution in [0.3, 0.4) is 0 Å². The van der Waals surface area contributed by atoms with Gasteiger partial charge in [-0.05, 0) is 13.8 Å². The monoisotopic (exact) mass is 212 g/mol. The van der Waals surface area contributed by atoms with Crippen LogP contribution in [0, 0.1) is 0 Å². The standard InChI is InChI=1S/C9H16N4O2/c1-9(2,15)7-12(3)8(14)6-13-5-4-10-11-13/h4-5,15H,6-7H2,1-3H3. The number of nitrogens with zero attached hydrogens (tertiary/aromatic N) is 4. The lowest BCUT2D eigenvalue weighted by Crippen LogP contribution is -2.41. The second-order valence-electron chi connectivity index (χ2n) is 4.16. The highest BCUT2D eigenvalue weighted by Crippen LogP contribution is 2.03. The Hall–Kier alpha value is -1.43. The van der Waals surface area contributed by atoms with E-state index in [4.69, 9.17) is 0 Å². The van der Waals surface area contributed by atoms with Gasteiger partial charge < -0.3 is 10.0 Å². The zero-order chi connectivity index (χ0) is 11.5. The normalized spacial score (nSPS) is 11.5. The maximum absolute atomic E-state index is 11.6. The van der Waals surface area contributed by atoms with Crippen LogP contribution in [-0.4, -0.2) is 50.1 Å². The Morgan fingerprint density at radius 1 is 1.60 bits per heavy atom. The van der Waals surface area contributed by atoms with Gasteiger partial charge in [-0.3, -0.25) is 4.79 Å². The predicted octanol–water partition coefficient (Wildman–Crippen LogP) is -0.493. The molecule has 6 nitrogen and oxygen atoms in total. The molecule has 0 radical (unpaired) electrons. The summed E-state index contributed by atoms with van der Waals surface area (Å²) in [6.07, 6.45) is 3.14. The molecule has 0 aromatic carbocycles. The molecule has 1 aromatic rings. The molecule has 0 saturated carbocycles. The SMILES string of the molecule is CN(CC(C)(C)O)C(=O)Cn1ccnn1. The summed E-state index contributed by atoms with van der Waals surface area (Å²) in [7, 11) is 1.65. The van der Waals surface area contributed by atoms with Gasteiger partial charge in [-0.1, -0.05) is 5.21 Å². The number of rotatable bonds is 4. The summed E-state index contributed by atoms with van der Waals surface area (Å²) in [6.45, 7) is 3.76. The summed E-state index contributed by atoms with van der Waals surface area (Å²) < 4.78 is 1.45. The van der Waals surface area contributed by atoms with Gasteiger partial charge >= 0.3 is 0 Å². The first-order chi connectivity index (χ1) is 6.88. The minimum atomic E-state index is -0.882. The van der Waals surface area contributed by atoms with E-state index in [1.807, 2.05) is 0 Å². The van der Waals surface area contributed by atoms with Gasteiger partial charge in [-0.2, -0.15) is 0 Å². The molecule has 0 saturated heterocycles. The van der Waals surface area contributed by atoms with Crippen molar-refractivity contribution in [3.63, 3.8) is 0 Å². The van der Waals surface area contributed by atoms with Crippen LogP contribution in [0.2, 0.25) is 0 Å². The molecule has 0 atom stereocenters. The Labute approximate surface area is 88.5 Å². The molecule has 84 valence electrons. The fraction of sp³-hybridized carbons (Fsp3) is 0.667. The molecule has 1 N–H and O–H groups in total. The van der Waals surface area contributed by atoms with Crippen LogP contribution >= 0.6 is 0 Å². The van der Waals surface area contributed by atoms with Crippen molar-refractivity contribution < 1.29 is 9.90 Å². The maximum atomic E-state index is 11.6. The molecule has 0 spiro atoms. The number of aliphatic hydroxyl groups is 1. The van der Waals surface area contributed by atoms with Crippen LogP contribution in [0.15, 0.2) is 12.4 Å². The van der Waals surface area contributed by atoms with Crippen LogP contribution in [-0.2, 0) is 11.3 Å². The van der Waals surface area contributed by atoms with E-state index in [0.717, 1.165) is 0 Å². The smallest absolute Gasteiger partial charge is 0.244 e. The van der Waals surface area contributed by atoms with E-state index < -0.39 is 5.60 Å². The summed E-state index contributed by atoms with van der Waals surface area (Å²) in [5.74, 6) is -0.109. The quantitative estimate of drug-likeness (QED) is 0.731. The van der Waals surface area contributed by atoms with Crippen molar-refractivity contribution in [3.8, 4) is 0 Å². The van der Waals surface area contributed by atoms with E-state index in [1.54, 1.807) is 27.1 Å². The summed E-state index contributed by atoms with van der Waals surface area (Å²) in [4.78, 5) is 13.1. The number of carbonyl (C=O) groups excluding carboxylic acids is 1. The fourth-order valence-electron chi connectivity index (χ4n) is 1.24. The van der Waals surface area contributed by atoms with Crippen LogP contribution in [0.1, 0.15) is 13.8 Å². The van der Waals surface area contributed by atoms with E-state index in [2.05, 4.69) is 10.3 Å². The third-order valence-electron chi connectivity index (χ3n) is 1.82. The van der Waals surface area contributed by atoms with Gasteiger partial charge in [0, 0.05) is 19.8 Å².